The number of nitrogens with zero attached hydrogens (tertiary/aromatic N) is 2. The van der Waals surface area contributed by atoms with E-state index in [-0.39, 0.29) is 18.1 Å². The molecule has 6 nitrogen and oxygen atoms in total. The van der Waals surface area contributed by atoms with Crippen molar-refractivity contribution in [2.24, 2.45) is 10.3 Å². The lowest BCUT2D eigenvalue weighted by Gasteiger charge is -2.12. The average Bonchev–Trinajstić information content (AvgIpc) is 3.21. The van der Waals surface area contributed by atoms with Crippen molar-refractivity contribution in [1.29, 1.82) is 0 Å². The van der Waals surface area contributed by atoms with Gasteiger partial charge in [-0.25, -0.2) is 13.6 Å². The fourth-order valence-electron chi connectivity index (χ4n) is 3.87. The van der Waals surface area contributed by atoms with Gasteiger partial charge in [0.25, 0.3) is 0 Å². The molecule has 0 amide bonds. The van der Waals surface area contributed by atoms with Crippen LogP contribution in [-0.2, 0) is 25.8 Å². The second-order valence-corrected chi connectivity index (χ2v) is 7.72. The van der Waals surface area contributed by atoms with Gasteiger partial charge in [0.05, 0.1) is 7.11 Å². The van der Waals surface area contributed by atoms with E-state index in [0.717, 1.165) is 22.3 Å². The standard InChI is InChI=1S/C27H22F2N2O4/c1-16-5-4-6-21(26(31-34-3)27(32)33-2)24(16)15-35-30-25-14-22(17-7-9-18(28)10-8-17)20-12-11-19(29)13-23(20)25/h4-14H,15H2,1-3H3/b30-25+,31-26+. The SMILES string of the molecule is CO/N=C(/C(=O)OC)c1cccc(C)c1CO/N=C1\C=C(c2ccc(F)cc2)c2ccc(F)cc21. The summed E-state index contributed by atoms with van der Waals surface area (Å²) in [7, 11) is 2.59. The summed E-state index contributed by atoms with van der Waals surface area (Å²) < 4.78 is 32.3. The van der Waals surface area contributed by atoms with Crippen LogP contribution in [0.25, 0.3) is 5.57 Å². The number of fused-ring (bicyclic) bond motifs is 1. The zero-order chi connectivity index (χ0) is 24.9. The molecule has 0 aromatic heterocycles. The van der Waals surface area contributed by atoms with Gasteiger partial charge in [-0.15, -0.1) is 0 Å². The molecule has 0 bridgehead atoms. The Labute approximate surface area is 201 Å². The van der Waals surface area contributed by atoms with Crippen molar-refractivity contribution in [3.63, 3.8) is 0 Å². The summed E-state index contributed by atoms with van der Waals surface area (Å²) in [6.45, 7) is 1.87. The third kappa shape index (κ3) is 4.96. The van der Waals surface area contributed by atoms with Gasteiger partial charge in [0.15, 0.2) is 5.71 Å². The molecule has 0 spiro atoms. The van der Waals surface area contributed by atoms with Crippen molar-refractivity contribution < 1.29 is 28.0 Å². The number of rotatable bonds is 7. The van der Waals surface area contributed by atoms with Crippen LogP contribution in [0.3, 0.4) is 0 Å². The fourth-order valence-corrected chi connectivity index (χ4v) is 3.87. The molecule has 0 aliphatic heterocycles. The molecule has 0 radical (unpaired) electrons. The summed E-state index contributed by atoms with van der Waals surface area (Å²) >= 11 is 0. The van der Waals surface area contributed by atoms with Gasteiger partial charge >= 0.3 is 5.97 Å². The van der Waals surface area contributed by atoms with Crippen molar-refractivity contribution in [1.82, 2.24) is 0 Å². The number of allylic oxidation sites excluding steroid dienone is 1. The number of methoxy groups -OCH3 is 1. The van der Waals surface area contributed by atoms with Crippen LogP contribution in [0.15, 0.2) is 77.1 Å². The third-order valence-corrected chi connectivity index (χ3v) is 5.58. The van der Waals surface area contributed by atoms with Gasteiger partial charge in [-0.1, -0.05) is 46.7 Å². The van der Waals surface area contributed by atoms with Crippen LogP contribution < -0.4 is 0 Å². The van der Waals surface area contributed by atoms with Crippen molar-refractivity contribution in [2.45, 2.75) is 13.5 Å². The normalized spacial score (nSPS) is 13.9. The number of oxime groups is 2. The number of ether oxygens (including phenoxy) is 1. The van der Waals surface area contributed by atoms with E-state index in [9.17, 15) is 13.6 Å². The van der Waals surface area contributed by atoms with Gasteiger partial charge in [-0.2, -0.15) is 0 Å². The molecule has 3 aromatic carbocycles. The maximum Gasteiger partial charge on any atom is 0.360 e. The molecule has 4 rings (SSSR count). The first-order valence-electron chi connectivity index (χ1n) is 10.7. The zero-order valence-electron chi connectivity index (χ0n) is 19.3. The lowest BCUT2D eigenvalue weighted by Crippen LogP contribution is -2.20. The molecule has 35 heavy (non-hydrogen) atoms. The summed E-state index contributed by atoms with van der Waals surface area (Å²) in [4.78, 5) is 22.7. The molecule has 1 aliphatic carbocycles. The van der Waals surface area contributed by atoms with Crippen molar-refractivity contribution >= 4 is 23.0 Å². The Kier molecular flexibility index (Phi) is 7.01. The maximum absolute atomic E-state index is 14.0. The molecule has 0 fully saturated rings. The zero-order valence-corrected chi connectivity index (χ0v) is 19.3. The number of halogens is 2. The van der Waals surface area contributed by atoms with Gasteiger partial charge in [-0.3, -0.25) is 0 Å². The number of esters is 1. The molecule has 0 saturated carbocycles. The van der Waals surface area contributed by atoms with E-state index in [1.165, 1.54) is 38.5 Å². The number of aryl methyl sites for hydroxylation is 1. The van der Waals surface area contributed by atoms with Crippen molar-refractivity contribution in [3.8, 4) is 0 Å². The van der Waals surface area contributed by atoms with Crippen LogP contribution in [0, 0.1) is 18.6 Å². The molecule has 0 saturated heterocycles. The third-order valence-electron chi connectivity index (χ3n) is 5.58. The predicted octanol–water partition coefficient (Wildman–Crippen LogP) is 5.16. The molecule has 0 atom stereocenters. The lowest BCUT2D eigenvalue weighted by molar-refractivity contribution is -0.132. The second kappa shape index (κ2) is 10.3. The first-order valence-corrected chi connectivity index (χ1v) is 10.7. The number of benzene rings is 3. The molecule has 0 N–H and O–H groups in total. The fraction of sp³-hybridized carbons (Fsp3) is 0.148. The maximum atomic E-state index is 14.0. The van der Waals surface area contributed by atoms with Crippen LogP contribution in [0.1, 0.15) is 33.4 Å². The smallest absolute Gasteiger partial charge is 0.360 e. The van der Waals surface area contributed by atoms with Crippen molar-refractivity contribution in [2.75, 3.05) is 14.2 Å². The van der Waals surface area contributed by atoms with E-state index < -0.39 is 11.8 Å². The monoisotopic (exact) mass is 476 g/mol. The quantitative estimate of drug-likeness (QED) is 0.268. The molecule has 8 heteroatoms. The second-order valence-electron chi connectivity index (χ2n) is 7.72. The predicted molar refractivity (Wildman–Crippen MR) is 128 cm³/mol. The van der Waals surface area contributed by atoms with Crippen molar-refractivity contribution in [3.05, 3.63) is 112 Å². The summed E-state index contributed by atoms with van der Waals surface area (Å²) in [6, 6.07) is 15.8. The molecule has 0 unspecified atom stereocenters. The number of hydrogen-bond acceptors (Lipinski definition) is 6. The lowest BCUT2D eigenvalue weighted by atomic mass is 9.99. The van der Waals surface area contributed by atoms with E-state index in [4.69, 9.17) is 14.4 Å². The number of hydrogen-bond donors (Lipinski definition) is 0. The Bertz CT molecular complexity index is 1360. The Morgan fingerprint density at radius 2 is 1.69 bits per heavy atom. The van der Waals surface area contributed by atoms with Crippen LogP contribution >= 0.6 is 0 Å². The molecule has 178 valence electrons. The van der Waals surface area contributed by atoms with Crippen LogP contribution in [0.4, 0.5) is 8.78 Å². The Morgan fingerprint density at radius 3 is 2.40 bits per heavy atom. The topological polar surface area (TPSA) is 69.5 Å². The molecular weight excluding hydrogens is 454 g/mol. The van der Waals surface area contributed by atoms with Gasteiger partial charge in [0.1, 0.15) is 31.1 Å². The summed E-state index contributed by atoms with van der Waals surface area (Å²) in [6.07, 6.45) is 1.77. The Morgan fingerprint density at radius 1 is 0.943 bits per heavy atom. The average molecular weight is 476 g/mol. The summed E-state index contributed by atoms with van der Waals surface area (Å²) in [5.74, 6) is -1.41. The Balaban J connectivity index is 1.67. The van der Waals surface area contributed by atoms with E-state index >= 15 is 0 Å². The van der Waals surface area contributed by atoms with E-state index in [1.807, 2.05) is 13.0 Å². The highest BCUT2D eigenvalue weighted by Crippen LogP contribution is 2.34. The molecule has 0 heterocycles. The highest BCUT2D eigenvalue weighted by molar-refractivity contribution is 6.43. The minimum absolute atomic E-state index is 0.00303. The largest absolute Gasteiger partial charge is 0.464 e. The van der Waals surface area contributed by atoms with Gasteiger partial charge < -0.3 is 14.4 Å². The van der Waals surface area contributed by atoms with Crippen LogP contribution in [0.5, 0.6) is 0 Å². The van der Waals surface area contributed by atoms with Gasteiger partial charge in [0, 0.05) is 16.7 Å². The van der Waals surface area contributed by atoms with E-state index in [2.05, 4.69) is 10.3 Å². The highest BCUT2D eigenvalue weighted by Gasteiger charge is 2.23. The Hall–Kier alpha value is -4.33. The highest BCUT2D eigenvalue weighted by atomic mass is 19.1. The van der Waals surface area contributed by atoms with Crippen LogP contribution in [-0.4, -0.2) is 31.6 Å². The summed E-state index contributed by atoms with van der Waals surface area (Å²) in [5, 5.41) is 8.07. The van der Waals surface area contributed by atoms with E-state index in [1.54, 1.807) is 36.4 Å². The van der Waals surface area contributed by atoms with Gasteiger partial charge in [-0.05, 0) is 59.5 Å². The number of carbonyl (C=O) groups excluding carboxylic acids is 1. The first kappa shape index (κ1) is 23.8. The van der Waals surface area contributed by atoms with Gasteiger partial charge in [0.2, 0.25) is 0 Å². The first-order chi connectivity index (χ1) is 16.9. The molecule has 3 aromatic rings. The minimum Gasteiger partial charge on any atom is -0.464 e. The molecule has 1 aliphatic rings. The number of carbonyl (C=O) groups is 1. The van der Waals surface area contributed by atoms with Crippen LogP contribution in [0.2, 0.25) is 0 Å². The van der Waals surface area contributed by atoms with E-state index in [0.29, 0.717) is 22.4 Å². The summed E-state index contributed by atoms with van der Waals surface area (Å²) in [5.41, 5.74) is 5.28. The molecular formula is C27H22F2N2O4. The minimum atomic E-state index is -0.655.